The van der Waals surface area contributed by atoms with E-state index < -0.39 is 0 Å². The molecule has 5 nitrogen and oxygen atoms in total. The molecular formula is C14H24N4O. The molecule has 19 heavy (non-hydrogen) atoms. The fourth-order valence-electron chi connectivity index (χ4n) is 2.56. The first-order chi connectivity index (χ1) is 9.20. The van der Waals surface area contributed by atoms with Crippen molar-refractivity contribution in [3.8, 4) is 5.88 Å². The fourth-order valence-corrected chi connectivity index (χ4v) is 2.56. The van der Waals surface area contributed by atoms with Gasteiger partial charge in [0.1, 0.15) is 12.1 Å². The van der Waals surface area contributed by atoms with Gasteiger partial charge in [-0.25, -0.2) is 9.97 Å². The molecule has 0 radical (unpaired) electrons. The SMILES string of the molecule is COc1ncnc(NCCC2CCN(C)CC2)c1C. The van der Waals surface area contributed by atoms with Gasteiger partial charge in [0.15, 0.2) is 0 Å². The Morgan fingerprint density at radius 3 is 2.79 bits per heavy atom. The zero-order valence-electron chi connectivity index (χ0n) is 12.1. The number of likely N-dealkylation sites (tertiary alicyclic amines) is 1. The average Bonchev–Trinajstić information content (AvgIpc) is 2.43. The van der Waals surface area contributed by atoms with E-state index in [0.717, 1.165) is 23.8 Å². The summed E-state index contributed by atoms with van der Waals surface area (Å²) in [6.45, 7) is 5.40. The first-order valence-electron chi connectivity index (χ1n) is 6.98. The van der Waals surface area contributed by atoms with E-state index in [2.05, 4.69) is 27.2 Å². The highest BCUT2D eigenvalue weighted by Crippen LogP contribution is 2.22. The average molecular weight is 264 g/mol. The third-order valence-corrected chi connectivity index (χ3v) is 3.91. The Bertz CT molecular complexity index is 402. The van der Waals surface area contributed by atoms with E-state index in [-0.39, 0.29) is 0 Å². The van der Waals surface area contributed by atoms with Crippen LogP contribution in [0.5, 0.6) is 5.88 Å². The molecule has 0 aliphatic carbocycles. The molecule has 0 unspecified atom stereocenters. The van der Waals surface area contributed by atoms with Gasteiger partial charge in [0.05, 0.1) is 12.7 Å². The number of methoxy groups -OCH3 is 1. The molecule has 0 aromatic carbocycles. The number of aromatic nitrogens is 2. The summed E-state index contributed by atoms with van der Waals surface area (Å²) in [6.07, 6.45) is 5.37. The summed E-state index contributed by atoms with van der Waals surface area (Å²) in [5.74, 6) is 2.38. The zero-order chi connectivity index (χ0) is 13.7. The maximum Gasteiger partial charge on any atom is 0.221 e. The minimum atomic E-state index is 0.650. The standard InChI is InChI=1S/C14H24N4O/c1-11-13(16-10-17-14(11)19-3)15-7-4-12-5-8-18(2)9-6-12/h10,12H,4-9H2,1-3H3,(H,15,16,17). The molecule has 1 fully saturated rings. The highest BCUT2D eigenvalue weighted by atomic mass is 16.5. The topological polar surface area (TPSA) is 50.3 Å². The van der Waals surface area contributed by atoms with Gasteiger partial charge in [0.2, 0.25) is 5.88 Å². The number of nitrogens with zero attached hydrogens (tertiary/aromatic N) is 3. The molecule has 1 saturated heterocycles. The van der Waals surface area contributed by atoms with Crippen molar-refractivity contribution in [2.75, 3.05) is 39.1 Å². The first kappa shape index (κ1) is 14.1. The lowest BCUT2D eigenvalue weighted by molar-refractivity contribution is 0.215. The Morgan fingerprint density at radius 2 is 2.11 bits per heavy atom. The fraction of sp³-hybridized carbons (Fsp3) is 0.714. The third kappa shape index (κ3) is 3.80. The number of nitrogens with one attached hydrogen (secondary N) is 1. The quantitative estimate of drug-likeness (QED) is 0.880. The highest BCUT2D eigenvalue weighted by Gasteiger charge is 2.16. The second-order valence-corrected chi connectivity index (χ2v) is 5.32. The van der Waals surface area contributed by atoms with Crippen LogP contribution in [0.4, 0.5) is 5.82 Å². The summed E-state index contributed by atoms with van der Waals surface area (Å²) in [7, 11) is 3.84. The molecule has 0 saturated carbocycles. The predicted molar refractivity (Wildman–Crippen MR) is 76.6 cm³/mol. The normalized spacial score (nSPS) is 17.4. The zero-order valence-corrected chi connectivity index (χ0v) is 12.1. The smallest absolute Gasteiger partial charge is 0.221 e. The van der Waals surface area contributed by atoms with Crippen LogP contribution in [0.2, 0.25) is 0 Å². The van der Waals surface area contributed by atoms with Crippen LogP contribution in [-0.2, 0) is 0 Å². The van der Waals surface area contributed by atoms with Crippen LogP contribution in [0.3, 0.4) is 0 Å². The second-order valence-electron chi connectivity index (χ2n) is 5.32. The largest absolute Gasteiger partial charge is 0.481 e. The molecule has 1 aromatic rings. The number of anilines is 1. The van der Waals surface area contributed by atoms with Crippen molar-refractivity contribution in [3.63, 3.8) is 0 Å². The number of piperidine rings is 1. The van der Waals surface area contributed by atoms with Crippen LogP contribution in [0.15, 0.2) is 6.33 Å². The van der Waals surface area contributed by atoms with Gasteiger partial charge < -0.3 is 15.0 Å². The van der Waals surface area contributed by atoms with E-state index in [1.807, 2.05) is 6.92 Å². The summed E-state index contributed by atoms with van der Waals surface area (Å²) in [4.78, 5) is 10.8. The van der Waals surface area contributed by atoms with Crippen molar-refractivity contribution < 1.29 is 4.74 Å². The lowest BCUT2D eigenvalue weighted by Gasteiger charge is -2.29. The number of hydrogen-bond donors (Lipinski definition) is 1. The third-order valence-electron chi connectivity index (χ3n) is 3.91. The lowest BCUT2D eigenvalue weighted by Crippen LogP contribution is -2.30. The van der Waals surface area contributed by atoms with Crippen molar-refractivity contribution >= 4 is 5.82 Å². The molecule has 0 atom stereocenters. The van der Waals surface area contributed by atoms with E-state index >= 15 is 0 Å². The lowest BCUT2D eigenvalue weighted by atomic mass is 9.94. The number of rotatable bonds is 5. The summed E-state index contributed by atoms with van der Waals surface area (Å²) in [5.41, 5.74) is 0.980. The highest BCUT2D eigenvalue weighted by molar-refractivity contribution is 5.47. The number of ether oxygens (including phenoxy) is 1. The molecular weight excluding hydrogens is 240 g/mol. The van der Waals surface area contributed by atoms with Gasteiger partial charge in [0, 0.05) is 6.54 Å². The molecule has 2 rings (SSSR count). The summed E-state index contributed by atoms with van der Waals surface area (Å²) >= 11 is 0. The molecule has 1 aliphatic heterocycles. The van der Waals surface area contributed by atoms with Crippen molar-refractivity contribution in [2.24, 2.45) is 5.92 Å². The molecule has 2 heterocycles. The first-order valence-corrected chi connectivity index (χ1v) is 6.98. The molecule has 1 aliphatic rings. The van der Waals surface area contributed by atoms with Gasteiger partial charge in [-0.3, -0.25) is 0 Å². The van der Waals surface area contributed by atoms with Crippen molar-refractivity contribution in [2.45, 2.75) is 26.2 Å². The minimum Gasteiger partial charge on any atom is -0.481 e. The van der Waals surface area contributed by atoms with Crippen LogP contribution < -0.4 is 10.1 Å². The Kier molecular flexibility index (Phi) is 4.96. The Balaban J connectivity index is 1.79. The van der Waals surface area contributed by atoms with E-state index in [4.69, 9.17) is 4.74 Å². The van der Waals surface area contributed by atoms with Crippen molar-refractivity contribution in [3.05, 3.63) is 11.9 Å². The molecule has 0 spiro atoms. The van der Waals surface area contributed by atoms with Gasteiger partial charge >= 0.3 is 0 Å². The summed E-state index contributed by atoms with van der Waals surface area (Å²) in [5, 5.41) is 3.40. The predicted octanol–water partition coefficient (Wildman–Crippen LogP) is 1.94. The van der Waals surface area contributed by atoms with E-state index in [1.54, 1.807) is 13.4 Å². The van der Waals surface area contributed by atoms with Crippen LogP contribution in [-0.4, -0.2) is 48.7 Å². The van der Waals surface area contributed by atoms with Gasteiger partial charge in [0.25, 0.3) is 0 Å². The van der Waals surface area contributed by atoms with E-state index in [0.29, 0.717) is 5.88 Å². The summed E-state index contributed by atoms with van der Waals surface area (Å²) in [6, 6.07) is 0. The van der Waals surface area contributed by atoms with Crippen LogP contribution in [0, 0.1) is 12.8 Å². The minimum absolute atomic E-state index is 0.650. The number of hydrogen-bond acceptors (Lipinski definition) is 5. The van der Waals surface area contributed by atoms with Crippen LogP contribution >= 0.6 is 0 Å². The second kappa shape index (κ2) is 6.70. The molecule has 5 heteroatoms. The van der Waals surface area contributed by atoms with Gasteiger partial charge in [-0.1, -0.05) is 0 Å². The maximum atomic E-state index is 5.20. The Morgan fingerprint density at radius 1 is 1.37 bits per heavy atom. The van der Waals surface area contributed by atoms with E-state index in [1.165, 1.54) is 32.4 Å². The Labute approximate surface area is 115 Å². The molecule has 0 amide bonds. The summed E-state index contributed by atoms with van der Waals surface area (Å²) < 4.78 is 5.20. The molecule has 1 aromatic heterocycles. The van der Waals surface area contributed by atoms with Crippen LogP contribution in [0.1, 0.15) is 24.8 Å². The van der Waals surface area contributed by atoms with Gasteiger partial charge in [-0.15, -0.1) is 0 Å². The monoisotopic (exact) mass is 264 g/mol. The molecule has 106 valence electrons. The molecule has 1 N–H and O–H groups in total. The van der Waals surface area contributed by atoms with Crippen LogP contribution in [0.25, 0.3) is 0 Å². The van der Waals surface area contributed by atoms with E-state index in [9.17, 15) is 0 Å². The molecule has 0 bridgehead atoms. The van der Waals surface area contributed by atoms with Gasteiger partial charge in [-0.2, -0.15) is 0 Å². The van der Waals surface area contributed by atoms with Crippen molar-refractivity contribution in [1.29, 1.82) is 0 Å². The van der Waals surface area contributed by atoms with Crippen molar-refractivity contribution in [1.82, 2.24) is 14.9 Å². The Hall–Kier alpha value is -1.36. The van der Waals surface area contributed by atoms with Gasteiger partial charge in [-0.05, 0) is 52.2 Å². The maximum absolute atomic E-state index is 5.20.